The molecule has 1 aromatic heterocycles. The second-order valence-electron chi connectivity index (χ2n) is 7.09. The first-order valence-electron chi connectivity index (χ1n) is 8.90. The summed E-state index contributed by atoms with van der Waals surface area (Å²) in [5, 5.41) is 10.5. The van der Waals surface area contributed by atoms with Crippen LogP contribution in [0.5, 0.6) is 0 Å². The SMILES string of the molecule is Cc1cccc(C)c1-n1c(S[C@@H]2CS(=O)(=O)C[C@H]2O)nc2ccccc2c1=O. The van der Waals surface area contributed by atoms with E-state index in [0.29, 0.717) is 16.1 Å². The first-order valence-corrected chi connectivity index (χ1v) is 11.6. The maximum atomic E-state index is 13.4. The van der Waals surface area contributed by atoms with Crippen LogP contribution in [0.4, 0.5) is 0 Å². The third-order valence-corrected chi connectivity index (χ3v) is 8.13. The highest BCUT2D eigenvalue weighted by atomic mass is 32.2. The van der Waals surface area contributed by atoms with Gasteiger partial charge in [-0.05, 0) is 37.1 Å². The fourth-order valence-electron chi connectivity index (χ4n) is 3.59. The van der Waals surface area contributed by atoms with Gasteiger partial charge in [0.1, 0.15) is 0 Å². The van der Waals surface area contributed by atoms with Crippen molar-refractivity contribution in [3.8, 4) is 5.69 Å². The van der Waals surface area contributed by atoms with Crippen molar-refractivity contribution in [2.24, 2.45) is 0 Å². The maximum absolute atomic E-state index is 13.4. The molecule has 146 valence electrons. The average molecular weight is 417 g/mol. The highest BCUT2D eigenvalue weighted by Crippen LogP contribution is 2.32. The van der Waals surface area contributed by atoms with Crippen LogP contribution in [0, 0.1) is 13.8 Å². The van der Waals surface area contributed by atoms with Crippen LogP contribution in [0.25, 0.3) is 16.6 Å². The van der Waals surface area contributed by atoms with E-state index in [9.17, 15) is 18.3 Å². The lowest BCUT2D eigenvalue weighted by Gasteiger charge is -2.19. The Morgan fingerprint density at radius 3 is 2.39 bits per heavy atom. The third-order valence-electron chi connectivity index (χ3n) is 4.94. The molecule has 3 aromatic rings. The molecule has 6 nitrogen and oxygen atoms in total. The number of hydrogen-bond donors (Lipinski definition) is 1. The molecule has 2 atom stereocenters. The molecular weight excluding hydrogens is 396 g/mol. The summed E-state index contributed by atoms with van der Waals surface area (Å²) < 4.78 is 25.4. The number of fused-ring (bicyclic) bond motifs is 1. The second kappa shape index (κ2) is 7.02. The van der Waals surface area contributed by atoms with Gasteiger partial charge in [-0.1, -0.05) is 42.1 Å². The Hall–Kier alpha value is -2.16. The Labute approximate surface area is 167 Å². The Bertz CT molecular complexity index is 1210. The van der Waals surface area contributed by atoms with Gasteiger partial charge in [0.15, 0.2) is 15.0 Å². The Kier molecular flexibility index (Phi) is 4.81. The summed E-state index contributed by atoms with van der Waals surface area (Å²) in [7, 11) is -3.30. The summed E-state index contributed by atoms with van der Waals surface area (Å²) in [5.74, 6) is -0.389. The van der Waals surface area contributed by atoms with Gasteiger partial charge in [0.25, 0.3) is 5.56 Å². The number of rotatable bonds is 3. The lowest BCUT2D eigenvalue weighted by Crippen LogP contribution is -2.26. The van der Waals surface area contributed by atoms with E-state index in [1.807, 2.05) is 32.0 Å². The van der Waals surface area contributed by atoms with Crippen molar-refractivity contribution < 1.29 is 13.5 Å². The molecule has 1 N–H and O–H groups in total. The van der Waals surface area contributed by atoms with Crippen LogP contribution in [0.1, 0.15) is 11.1 Å². The Morgan fingerprint density at radius 2 is 1.75 bits per heavy atom. The number of benzene rings is 2. The fraction of sp³-hybridized carbons (Fsp3) is 0.300. The lowest BCUT2D eigenvalue weighted by atomic mass is 10.1. The fourth-order valence-corrected chi connectivity index (χ4v) is 7.17. The quantitative estimate of drug-likeness (QED) is 0.659. The van der Waals surface area contributed by atoms with Gasteiger partial charge >= 0.3 is 0 Å². The lowest BCUT2D eigenvalue weighted by molar-refractivity contribution is 0.207. The Morgan fingerprint density at radius 1 is 1.07 bits per heavy atom. The van der Waals surface area contributed by atoms with Crippen molar-refractivity contribution >= 4 is 32.5 Å². The van der Waals surface area contributed by atoms with Crippen molar-refractivity contribution in [2.75, 3.05) is 11.5 Å². The number of nitrogens with zero attached hydrogens (tertiary/aromatic N) is 2. The topological polar surface area (TPSA) is 89.3 Å². The predicted octanol–water partition coefficient (Wildman–Crippen LogP) is 2.25. The van der Waals surface area contributed by atoms with Gasteiger partial charge in [-0.3, -0.25) is 9.36 Å². The molecule has 1 saturated heterocycles. The zero-order chi connectivity index (χ0) is 20.1. The van der Waals surface area contributed by atoms with Gasteiger partial charge in [-0.15, -0.1) is 0 Å². The highest BCUT2D eigenvalue weighted by molar-refractivity contribution is 8.01. The van der Waals surface area contributed by atoms with Gasteiger partial charge in [0, 0.05) is 0 Å². The molecule has 2 heterocycles. The number of aromatic nitrogens is 2. The molecule has 28 heavy (non-hydrogen) atoms. The summed E-state index contributed by atoms with van der Waals surface area (Å²) in [4.78, 5) is 18.0. The molecule has 1 aliphatic rings. The smallest absolute Gasteiger partial charge is 0.266 e. The standard InChI is InChI=1S/C20H20N2O4S2/c1-12-6-5-7-13(2)18(12)22-19(24)14-8-3-4-9-15(14)21-20(22)27-17-11-28(25,26)10-16(17)23/h3-9,16-17,23H,10-11H2,1-2H3/t16-,17-/m1/s1. The number of sulfone groups is 1. The van der Waals surface area contributed by atoms with E-state index in [-0.39, 0.29) is 17.1 Å². The molecular formula is C20H20N2O4S2. The van der Waals surface area contributed by atoms with Crippen molar-refractivity contribution in [1.29, 1.82) is 0 Å². The van der Waals surface area contributed by atoms with Crippen LogP contribution >= 0.6 is 11.8 Å². The largest absolute Gasteiger partial charge is 0.391 e. The van der Waals surface area contributed by atoms with E-state index < -0.39 is 21.2 Å². The molecule has 4 rings (SSSR count). The molecule has 0 amide bonds. The van der Waals surface area contributed by atoms with Crippen LogP contribution in [0.2, 0.25) is 0 Å². The summed E-state index contributed by atoms with van der Waals surface area (Å²) in [5.41, 5.74) is 2.92. The molecule has 0 aliphatic carbocycles. The number of thioether (sulfide) groups is 1. The number of aliphatic hydroxyl groups excluding tert-OH is 1. The minimum absolute atomic E-state index is 0.131. The molecule has 0 unspecified atom stereocenters. The molecule has 0 saturated carbocycles. The average Bonchev–Trinajstić information content (AvgIpc) is 2.89. The maximum Gasteiger partial charge on any atom is 0.266 e. The van der Waals surface area contributed by atoms with Crippen LogP contribution in [0.15, 0.2) is 52.4 Å². The number of para-hydroxylation sites is 2. The first kappa shape index (κ1) is 19.2. The number of aliphatic hydroxyl groups is 1. The van der Waals surface area contributed by atoms with Crippen molar-refractivity contribution in [3.05, 3.63) is 63.9 Å². The summed E-state index contributed by atoms with van der Waals surface area (Å²) in [6.07, 6.45) is -0.982. The monoisotopic (exact) mass is 416 g/mol. The van der Waals surface area contributed by atoms with E-state index in [4.69, 9.17) is 0 Å². The minimum atomic E-state index is -3.30. The first-order chi connectivity index (χ1) is 13.3. The van der Waals surface area contributed by atoms with E-state index in [1.54, 1.807) is 28.8 Å². The van der Waals surface area contributed by atoms with Gasteiger partial charge in [0.05, 0.1) is 39.4 Å². The second-order valence-corrected chi connectivity index (χ2v) is 10.5. The van der Waals surface area contributed by atoms with Crippen LogP contribution in [0.3, 0.4) is 0 Å². The summed E-state index contributed by atoms with van der Waals surface area (Å²) in [6, 6.07) is 12.9. The summed E-state index contributed by atoms with van der Waals surface area (Å²) in [6.45, 7) is 3.85. The van der Waals surface area contributed by atoms with Crippen molar-refractivity contribution in [2.45, 2.75) is 30.4 Å². The van der Waals surface area contributed by atoms with E-state index in [1.165, 1.54) is 0 Å². The number of hydrogen-bond acceptors (Lipinski definition) is 6. The van der Waals surface area contributed by atoms with Gasteiger partial charge in [0.2, 0.25) is 0 Å². The third kappa shape index (κ3) is 3.36. The highest BCUT2D eigenvalue weighted by Gasteiger charge is 2.38. The zero-order valence-electron chi connectivity index (χ0n) is 15.5. The molecule has 0 bridgehead atoms. The predicted molar refractivity (Wildman–Crippen MR) is 111 cm³/mol. The zero-order valence-corrected chi connectivity index (χ0v) is 17.1. The van der Waals surface area contributed by atoms with Crippen LogP contribution in [-0.2, 0) is 9.84 Å². The molecule has 0 spiro atoms. The van der Waals surface area contributed by atoms with E-state index in [2.05, 4.69) is 4.98 Å². The van der Waals surface area contributed by atoms with E-state index >= 15 is 0 Å². The van der Waals surface area contributed by atoms with Gasteiger partial charge in [-0.25, -0.2) is 13.4 Å². The number of aryl methyl sites for hydroxylation is 2. The molecule has 0 radical (unpaired) electrons. The van der Waals surface area contributed by atoms with Crippen LogP contribution < -0.4 is 5.56 Å². The minimum Gasteiger partial charge on any atom is -0.391 e. The molecule has 8 heteroatoms. The Balaban J connectivity index is 1.96. The van der Waals surface area contributed by atoms with Gasteiger partial charge in [-0.2, -0.15) is 0 Å². The summed E-state index contributed by atoms with van der Waals surface area (Å²) >= 11 is 1.15. The van der Waals surface area contributed by atoms with Crippen molar-refractivity contribution in [3.63, 3.8) is 0 Å². The van der Waals surface area contributed by atoms with E-state index in [0.717, 1.165) is 28.6 Å². The van der Waals surface area contributed by atoms with Crippen LogP contribution in [-0.4, -0.2) is 45.9 Å². The molecule has 1 fully saturated rings. The molecule has 1 aliphatic heterocycles. The van der Waals surface area contributed by atoms with Gasteiger partial charge < -0.3 is 5.11 Å². The normalized spacial score (nSPS) is 21.2. The molecule has 2 aromatic carbocycles. The van der Waals surface area contributed by atoms with Crippen molar-refractivity contribution in [1.82, 2.24) is 9.55 Å².